The number of allylic oxidation sites excluding steroid dienone is 3. The molecule has 2 aromatic rings. The molecule has 0 fully saturated rings. The van der Waals surface area contributed by atoms with E-state index in [-0.39, 0.29) is 0 Å². The Morgan fingerprint density at radius 3 is 2.54 bits per heavy atom. The van der Waals surface area contributed by atoms with Crippen molar-refractivity contribution in [2.45, 2.75) is 27.2 Å². The van der Waals surface area contributed by atoms with Crippen LogP contribution in [0.4, 0.5) is 5.69 Å². The highest BCUT2D eigenvalue weighted by atomic mass is 32.1. The average Bonchev–Trinajstić information content (AvgIpc) is 3.17. The monoisotopic (exact) mass is 369 g/mol. The van der Waals surface area contributed by atoms with Crippen molar-refractivity contribution in [3.8, 4) is 12.8 Å². The van der Waals surface area contributed by atoms with Crippen LogP contribution in [0.5, 0.6) is 0 Å². The number of nitrogens with one attached hydrogen (secondary N) is 1. The highest BCUT2D eigenvalue weighted by Crippen LogP contribution is 2.21. The molecule has 0 amide bonds. The number of hydrogen-bond acceptors (Lipinski definition) is 5. The number of terminal acetylenes is 1. The summed E-state index contributed by atoms with van der Waals surface area (Å²) in [5.41, 5.74) is 7.59. The second-order valence-corrected chi connectivity index (χ2v) is 5.72. The molecule has 5 heteroatoms. The summed E-state index contributed by atoms with van der Waals surface area (Å²) in [5, 5.41) is 8.93. The lowest BCUT2D eigenvalue weighted by atomic mass is 10.1. The van der Waals surface area contributed by atoms with E-state index in [1.807, 2.05) is 57.2 Å². The molecular weight excluding hydrogens is 342 g/mol. The Morgan fingerprint density at radius 1 is 1.31 bits per heavy atom. The highest BCUT2D eigenvalue weighted by Gasteiger charge is 2.11. The van der Waals surface area contributed by atoms with Crippen LogP contribution in [0.2, 0.25) is 0 Å². The summed E-state index contributed by atoms with van der Waals surface area (Å²) in [6.45, 7) is 5.95. The maximum Gasteiger partial charge on any atom is 0.142 e. The van der Waals surface area contributed by atoms with Gasteiger partial charge in [-0.1, -0.05) is 38.1 Å². The minimum atomic E-state index is 0.360. The zero-order valence-electron chi connectivity index (χ0n) is 15.8. The van der Waals surface area contributed by atoms with E-state index in [1.54, 1.807) is 19.4 Å². The first-order valence-corrected chi connectivity index (χ1v) is 9.06. The lowest BCUT2D eigenvalue weighted by Crippen LogP contribution is -2.04. The van der Waals surface area contributed by atoms with Crippen molar-refractivity contribution < 1.29 is 4.74 Å². The van der Waals surface area contributed by atoms with Crippen molar-refractivity contribution in [2.75, 3.05) is 12.8 Å². The van der Waals surface area contributed by atoms with Crippen molar-refractivity contribution in [3.63, 3.8) is 0 Å². The molecule has 1 aromatic carbocycles. The van der Waals surface area contributed by atoms with Gasteiger partial charge in [0.25, 0.3) is 0 Å². The normalized spacial score (nSPS) is 10.3. The Balaban J connectivity index is 0.00000146. The molecule has 0 radical (unpaired) electrons. The Kier molecular flexibility index (Phi) is 12.0. The van der Waals surface area contributed by atoms with Gasteiger partial charge in [-0.25, -0.2) is 4.98 Å². The molecule has 1 aromatic heterocycles. The SMILES string of the molecule is C#C.C/C=C\C(=C/Cc1cnc(C(=N)c2ccccc2N)s1)OC.CC. The summed E-state index contributed by atoms with van der Waals surface area (Å²) in [5.74, 6) is 0.819. The number of para-hydroxylation sites is 1. The summed E-state index contributed by atoms with van der Waals surface area (Å²) in [6.07, 6.45) is 16.4. The number of aromatic nitrogens is 1. The van der Waals surface area contributed by atoms with E-state index in [9.17, 15) is 0 Å². The fraction of sp³-hybridized carbons (Fsp3) is 0.238. The topological polar surface area (TPSA) is 72.0 Å². The molecule has 3 N–H and O–H groups in total. The van der Waals surface area contributed by atoms with Gasteiger partial charge in [-0.05, 0) is 25.1 Å². The van der Waals surface area contributed by atoms with E-state index in [0.29, 0.717) is 22.0 Å². The first-order valence-electron chi connectivity index (χ1n) is 8.24. The number of anilines is 1. The maximum atomic E-state index is 8.26. The molecule has 0 bridgehead atoms. The van der Waals surface area contributed by atoms with Gasteiger partial charge in [0, 0.05) is 28.7 Å². The largest absolute Gasteiger partial charge is 0.497 e. The first kappa shape index (κ1) is 23.2. The minimum Gasteiger partial charge on any atom is -0.497 e. The molecule has 0 aliphatic rings. The molecule has 2 rings (SSSR count). The third kappa shape index (κ3) is 6.96. The Labute approximate surface area is 160 Å². The van der Waals surface area contributed by atoms with Crippen LogP contribution >= 0.6 is 11.3 Å². The molecule has 0 saturated heterocycles. The summed E-state index contributed by atoms with van der Waals surface area (Å²) in [7, 11) is 1.65. The van der Waals surface area contributed by atoms with Gasteiger partial charge in [0.15, 0.2) is 0 Å². The van der Waals surface area contributed by atoms with Crippen molar-refractivity contribution in [3.05, 3.63) is 69.9 Å². The number of nitrogens with two attached hydrogens (primary N) is 1. The first-order chi connectivity index (χ1) is 12.7. The van der Waals surface area contributed by atoms with Crippen LogP contribution in [0, 0.1) is 18.3 Å². The van der Waals surface area contributed by atoms with Crippen LogP contribution in [0.25, 0.3) is 0 Å². The minimum absolute atomic E-state index is 0.360. The third-order valence-electron chi connectivity index (χ3n) is 3.07. The Hall–Kier alpha value is -2.84. The number of rotatable bonds is 6. The molecule has 4 nitrogen and oxygen atoms in total. The zero-order valence-corrected chi connectivity index (χ0v) is 16.6. The molecule has 0 unspecified atom stereocenters. The standard InChI is InChI=1S/C17H19N3OS.C2H6.C2H2/c1-3-6-12(21-2)9-10-13-11-20-17(22-13)16(19)14-7-4-5-8-15(14)18;2*1-2/h3-9,11,19H,10,18H2,1-2H3;1-2H3;1-2H/b6-3-,12-9+,19-16?;;. The molecule has 0 spiro atoms. The quantitative estimate of drug-likeness (QED) is 0.246. The van der Waals surface area contributed by atoms with Crippen molar-refractivity contribution in [1.29, 1.82) is 5.41 Å². The number of nitrogen functional groups attached to an aromatic ring is 1. The van der Waals surface area contributed by atoms with E-state index in [0.717, 1.165) is 17.1 Å². The number of ether oxygens (including phenoxy) is 1. The van der Waals surface area contributed by atoms with Crippen molar-refractivity contribution in [2.24, 2.45) is 0 Å². The fourth-order valence-corrected chi connectivity index (χ4v) is 2.78. The predicted molar refractivity (Wildman–Crippen MR) is 114 cm³/mol. The van der Waals surface area contributed by atoms with Crippen LogP contribution in [-0.2, 0) is 11.2 Å². The van der Waals surface area contributed by atoms with Gasteiger partial charge in [-0.3, -0.25) is 5.41 Å². The second kappa shape index (κ2) is 13.5. The van der Waals surface area contributed by atoms with Crippen LogP contribution in [-0.4, -0.2) is 17.8 Å². The van der Waals surface area contributed by atoms with Gasteiger partial charge in [-0.15, -0.1) is 24.2 Å². The van der Waals surface area contributed by atoms with Crippen molar-refractivity contribution >= 4 is 22.7 Å². The molecule has 0 aliphatic carbocycles. The van der Waals surface area contributed by atoms with Gasteiger partial charge >= 0.3 is 0 Å². The lowest BCUT2D eigenvalue weighted by molar-refractivity contribution is 0.305. The van der Waals surface area contributed by atoms with E-state index < -0.39 is 0 Å². The summed E-state index contributed by atoms with van der Waals surface area (Å²) >= 11 is 1.50. The third-order valence-corrected chi connectivity index (χ3v) is 4.11. The van der Waals surface area contributed by atoms with E-state index in [1.165, 1.54) is 11.3 Å². The molecule has 0 saturated carbocycles. The van der Waals surface area contributed by atoms with E-state index >= 15 is 0 Å². The van der Waals surface area contributed by atoms with Gasteiger partial charge in [0.2, 0.25) is 0 Å². The van der Waals surface area contributed by atoms with Crippen LogP contribution in [0.1, 0.15) is 36.2 Å². The molecule has 1 heterocycles. The number of benzene rings is 1. The number of nitrogens with zero attached hydrogens (tertiary/aromatic N) is 1. The lowest BCUT2D eigenvalue weighted by Gasteiger charge is -2.03. The molecule has 26 heavy (non-hydrogen) atoms. The second-order valence-electron chi connectivity index (χ2n) is 4.61. The van der Waals surface area contributed by atoms with Gasteiger partial charge in [0.1, 0.15) is 10.8 Å². The van der Waals surface area contributed by atoms with Gasteiger partial charge in [-0.2, -0.15) is 0 Å². The number of thiazole rings is 1. The Bertz CT molecular complexity index is 757. The Morgan fingerprint density at radius 2 is 1.96 bits per heavy atom. The number of hydrogen-bond donors (Lipinski definition) is 2. The van der Waals surface area contributed by atoms with Crippen LogP contribution in [0.3, 0.4) is 0 Å². The highest BCUT2D eigenvalue weighted by molar-refractivity contribution is 7.13. The summed E-state index contributed by atoms with van der Waals surface area (Å²) in [6, 6.07) is 7.37. The molecule has 138 valence electrons. The summed E-state index contributed by atoms with van der Waals surface area (Å²) < 4.78 is 5.25. The van der Waals surface area contributed by atoms with E-state index in [4.69, 9.17) is 15.9 Å². The smallest absolute Gasteiger partial charge is 0.142 e. The fourth-order valence-electron chi connectivity index (χ4n) is 1.94. The number of methoxy groups -OCH3 is 1. The molecular formula is C21H27N3OS. The van der Waals surface area contributed by atoms with Crippen LogP contribution < -0.4 is 5.73 Å². The zero-order chi connectivity index (χ0) is 19.9. The average molecular weight is 370 g/mol. The predicted octanol–water partition coefficient (Wildman–Crippen LogP) is 5.07. The van der Waals surface area contributed by atoms with Crippen molar-refractivity contribution in [1.82, 2.24) is 4.98 Å². The van der Waals surface area contributed by atoms with E-state index in [2.05, 4.69) is 17.8 Å². The molecule has 0 atom stereocenters. The maximum absolute atomic E-state index is 8.26. The molecule has 0 aliphatic heterocycles. The van der Waals surface area contributed by atoms with Gasteiger partial charge < -0.3 is 10.5 Å². The van der Waals surface area contributed by atoms with Crippen LogP contribution in [0.15, 0.2) is 54.4 Å². The summed E-state index contributed by atoms with van der Waals surface area (Å²) in [4.78, 5) is 5.41. The van der Waals surface area contributed by atoms with Gasteiger partial charge in [0.05, 0.1) is 12.8 Å².